The lowest BCUT2D eigenvalue weighted by molar-refractivity contribution is 0.162. The molecular weight excluding hydrogens is 140 g/mol. The van der Waals surface area contributed by atoms with Gasteiger partial charge in [-0.3, -0.25) is 0 Å². The molecule has 2 bridgehead atoms. The fraction of sp³-hybridized carbons (Fsp3) is 1.00. The second-order valence-electron chi connectivity index (χ2n) is 4.08. The van der Waals surface area contributed by atoms with E-state index in [4.69, 9.17) is 4.43 Å². The van der Waals surface area contributed by atoms with E-state index in [1.807, 2.05) is 0 Å². The van der Waals surface area contributed by atoms with Gasteiger partial charge >= 0.3 is 0 Å². The average molecular weight is 156 g/mol. The summed E-state index contributed by atoms with van der Waals surface area (Å²) in [7, 11) is 0.930. The van der Waals surface area contributed by atoms with Crippen LogP contribution in [0.2, 0.25) is 0 Å². The smallest absolute Gasteiger partial charge is 0.145 e. The van der Waals surface area contributed by atoms with Crippen molar-refractivity contribution in [3.05, 3.63) is 0 Å². The molecule has 58 valence electrons. The van der Waals surface area contributed by atoms with Crippen molar-refractivity contribution in [3.63, 3.8) is 0 Å². The predicted molar refractivity (Wildman–Crippen MR) is 44.9 cm³/mol. The minimum Gasteiger partial charge on any atom is -0.427 e. The van der Waals surface area contributed by atoms with Crippen molar-refractivity contribution in [2.45, 2.75) is 32.1 Å². The fourth-order valence-corrected chi connectivity index (χ4v) is 3.43. The Morgan fingerprint density at radius 2 is 2.10 bits per heavy atom. The van der Waals surface area contributed by atoms with Gasteiger partial charge in [-0.25, -0.2) is 0 Å². The lowest BCUT2D eigenvalue weighted by Gasteiger charge is -2.25. The summed E-state index contributed by atoms with van der Waals surface area (Å²) in [4.78, 5) is 0. The Labute approximate surface area is 65.7 Å². The Hall–Kier alpha value is 0.177. The van der Waals surface area contributed by atoms with Gasteiger partial charge in [0.2, 0.25) is 0 Å². The molecule has 0 radical (unpaired) electrons. The molecule has 10 heavy (non-hydrogen) atoms. The Morgan fingerprint density at radius 1 is 1.40 bits per heavy atom. The molecule has 0 amide bonds. The fourth-order valence-electron chi connectivity index (χ4n) is 2.82. The molecule has 0 unspecified atom stereocenters. The van der Waals surface area contributed by atoms with Crippen molar-refractivity contribution in [1.82, 2.24) is 0 Å². The molecule has 2 rings (SSSR count). The van der Waals surface area contributed by atoms with E-state index in [2.05, 4.69) is 0 Å². The highest BCUT2D eigenvalue weighted by Crippen LogP contribution is 2.53. The molecule has 0 atom stereocenters. The molecule has 0 spiro atoms. The monoisotopic (exact) mass is 156 g/mol. The molecule has 0 aromatic carbocycles. The van der Waals surface area contributed by atoms with Crippen LogP contribution in [0.3, 0.4) is 0 Å². The highest BCUT2D eigenvalue weighted by atomic mass is 28.2. The second kappa shape index (κ2) is 2.34. The van der Waals surface area contributed by atoms with E-state index in [1.165, 1.54) is 32.1 Å². The van der Waals surface area contributed by atoms with Crippen molar-refractivity contribution in [2.75, 3.05) is 6.61 Å². The van der Waals surface area contributed by atoms with Crippen molar-refractivity contribution in [3.8, 4) is 0 Å². The zero-order valence-electron chi connectivity index (χ0n) is 6.73. The van der Waals surface area contributed by atoms with Crippen LogP contribution in [-0.2, 0) is 4.43 Å². The Morgan fingerprint density at radius 3 is 2.50 bits per heavy atom. The zero-order chi connectivity index (χ0) is 7.03. The number of fused-ring (bicyclic) bond motifs is 2. The van der Waals surface area contributed by atoms with Gasteiger partial charge in [0, 0.05) is 6.61 Å². The quantitative estimate of drug-likeness (QED) is 0.539. The lowest BCUT2D eigenvalue weighted by atomic mass is 9.85. The van der Waals surface area contributed by atoms with Crippen LogP contribution in [0.1, 0.15) is 32.1 Å². The van der Waals surface area contributed by atoms with Gasteiger partial charge in [-0.15, -0.1) is 0 Å². The highest BCUT2D eigenvalue weighted by molar-refractivity contribution is 5.97. The maximum atomic E-state index is 5.39. The van der Waals surface area contributed by atoms with E-state index < -0.39 is 0 Å². The molecule has 0 aromatic rings. The molecule has 0 aromatic heterocycles. The Kier molecular flexibility index (Phi) is 1.61. The van der Waals surface area contributed by atoms with Crippen LogP contribution in [0.5, 0.6) is 0 Å². The highest BCUT2D eigenvalue weighted by Gasteiger charge is 2.44. The number of hydrogen-bond donors (Lipinski definition) is 0. The van der Waals surface area contributed by atoms with Gasteiger partial charge in [0.05, 0.1) is 0 Å². The first-order chi connectivity index (χ1) is 4.85. The van der Waals surface area contributed by atoms with Crippen LogP contribution in [0.4, 0.5) is 0 Å². The van der Waals surface area contributed by atoms with Gasteiger partial charge in [0.25, 0.3) is 0 Å². The van der Waals surface area contributed by atoms with Gasteiger partial charge in [0.15, 0.2) is 0 Å². The number of rotatable bonds is 2. The third-order valence-electron chi connectivity index (χ3n) is 3.34. The molecule has 2 aliphatic carbocycles. The van der Waals surface area contributed by atoms with Crippen LogP contribution in [0.25, 0.3) is 0 Å². The van der Waals surface area contributed by atoms with E-state index in [0.717, 1.165) is 23.0 Å². The summed E-state index contributed by atoms with van der Waals surface area (Å²) in [6.07, 6.45) is 7.38. The van der Waals surface area contributed by atoms with Crippen LogP contribution in [0, 0.1) is 11.3 Å². The van der Waals surface area contributed by atoms with Gasteiger partial charge in [-0.1, -0.05) is 0 Å². The maximum absolute atomic E-state index is 5.39. The largest absolute Gasteiger partial charge is 0.427 e. The van der Waals surface area contributed by atoms with E-state index >= 15 is 0 Å². The van der Waals surface area contributed by atoms with Crippen LogP contribution in [0.15, 0.2) is 0 Å². The van der Waals surface area contributed by atoms with Gasteiger partial charge < -0.3 is 4.43 Å². The molecule has 2 fully saturated rings. The summed E-state index contributed by atoms with van der Waals surface area (Å²) in [5.41, 5.74) is 0.673. The molecule has 0 aliphatic heterocycles. The maximum Gasteiger partial charge on any atom is 0.145 e. The molecule has 0 N–H and O–H groups in total. The molecular formula is C8H16OSi. The van der Waals surface area contributed by atoms with E-state index in [0.29, 0.717) is 5.41 Å². The van der Waals surface area contributed by atoms with Crippen LogP contribution < -0.4 is 0 Å². The van der Waals surface area contributed by atoms with Crippen LogP contribution in [-0.4, -0.2) is 17.1 Å². The van der Waals surface area contributed by atoms with Crippen LogP contribution >= 0.6 is 0 Å². The van der Waals surface area contributed by atoms with Crippen molar-refractivity contribution in [1.29, 1.82) is 0 Å². The molecule has 1 nitrogen and oxygen atoms in total. The van der Waals surface area contributed by atoms with Gasteiger partial charge in [-0.05, 0) is 43.4 Å². The molecule has 0 saturated heterocycles. The minimum absolute atomic E-state index is 0.673. The Bertz CT molecular complexity index is 127. The third kappa shape index (κ3) is 0.939. The van der Waals surface area contributed by atoms with Gasteiger partial charge in [-0.2, -0.15) is 0 Å². The summed E-state index contributed by atoms with van der Waals surface area (Å²) in [5, 5.41) is 0. The van der Waals surface area contributed by atoms with Crippen molar-refractivity contribution < 1.29 is 4.43 Å². The minimum atomic E-state index is 0.673. The second-order valence-corrected chi connectivity index (χ2v) is 4.66. The molecule has 2 aliphatic rings. The predicted octanol–water partition coefficient (Wildman–Crippen LogP) is 0.864. The summed E-state index contributed by atoms with van der Waals surface area (Å²) in [5.74, 6) is 1.08. The molecule has 2 saturated carbocycles. The Balaban J connectivity index is 2.01. The number of hydrogen-bond acceptors (Lipinski definition) is 1. The summed E-state index contributed by atoms with van der Waals surface area (Å²) in [6.45, 7) is 1.08. The van der Waals surface area contributed by atoms with Crippen molar-refractivity contribution >= 4 is 10.5 Å². The van der Waals surface area contributed by atoms with E-state index in [9.17, 15) is 0 Å². The molecule has 0 heterocycles. The van der Waals surface area contributed by atoms with Gasteiger partial charge in [0.1, 0.15) is 10.5 Å². The zero-order valence-corrected chi connectivity index (χ0v) is 8.73. The van der Waals surface area contributed by atoms with E-state index in [-0.39, 0.29) is 0 Å². The normalized spacial score (nSPS) is 45.0. The first kappa shape index (κ1) is 6.86. The average Bonchev–Trinajstić information content (AvgIpc) is 2.46. The first-order valence-electron chi connectivity index (χ1n) is 4.34. The summed E-state index contributed by atoms with van der Waals surface area (Å²) < 4.78 is 5.39. The van der Waals surface area contributed by atoms with Crippen molar-refractivity contribution in [2.24, 2.45) is 11.3 Å². The molecule has 2 heteroatoms. The lowest BCUT2D eigenvalue weighted by Crippen LogP contribution is -2.20. The first-order valence-corrected chi connectivity index (χ1v) is 5.15. The third-order valence-corrected chi connectivity index (χ3v) is 3.63. The standard InChI is InChI=1S/C8H16OSi/c10-9-6-8-3-1-7(5-8)2-4-8/h7H,1-6H2,10H3. The van der Waals surface area contributed by atoms with E-state index in [1.54, 1.807) is 0 Å². The summed E-state index contributed by atoms with van der Waals surface area (Å²) in [6, 6.07) is 0. The summed E-state index contributed by atoms with van der Waals surface area (Å²) >= 11 is 0. The topological polar surface area (TPSA) is 9.23 Å². The SMILES string of the molecule is [SiH3]OCC12CCC(CC1)C2.